The highest BCUT2D eigenvalue weighted by Gasteiger charge is 1.93. The third kappa shape index (κ3) is 5.18. The normalized spacial score (nSPS) is 9.93. The lowest BCUT2D eigenvalue weighted by Crippen LogP contribution is -2.17. The first-order chi connectivity index (χ1) is 7.33. The van der Waals surface area contributed by atoms with Crippen LogP contribution in [-0.2, 0) is 0 Å². The summed E-state index contributed by atoms with van der Waals surface area (Å²) in [4.78, 5) is 0. The van der Waals surface area contributed by atoms with Crippen LogP contribution in [0.2, 0.25) is 0 Å². The summed E-state index contributed by atoms with van der Waals surface area (Å²) in [5, 5.41) is 3.17. The van der Waals surface area contributed by atoms with Crippen molar-refractivity contribution < 1.29 is 9.13 Å². The van der Waals surface area contributed by atoms with Gasteiger partial charge < -0.3 is 10.1 Å². The minimum atomic E-state index is -0.241. The fraction of sp³-hybridized carbons (Fsp3) is 0.333. The molecule has 15 heavy (non-hydrogen) atoms. The SMILES string of the molecule is C=CCNCCCOc1ccc(F)cc1. The van der Waals surface area contributed by atoms with Gasteiger partial charge in [0.1, 0.15) is 11.6 Å². The summed E-state index contributed by atoms with van der Waals surface area (Å²) in [6, 6.07) is 6.05. The van der Waals surface area contributed by atoms with Crippen LogP contribution >= 0.6 is 0 Å². The van der Waals surface area contributed by atoms with E-state index in [1.807, 2.05) is 6.08 Å². The topological polar surface area (TPSA) is 21.3 Å². The Balaban J connectivity index is 2.09. The van der Waals surface area contributed by atoms with Gasteiger partial charge in [-0.2, -0.15) is 0 Å². The minimum Gasteiger partial charge on any atom is -0.494 e. The molecule has 0 aliphatic carbocycles. The van der Waals surface area contributed by atoms with Gasteiger partial charge in [-0.1, -0.05) is 6.08 Å². The number of halogens is 1. The van der Waals surface area contributed by atoms with Gasteiger partial charge in [0.25, 0.3) is 0 Å². The van der Waals surface area contributed by atoms with Crippen LogP contribution in [0.4, 0.5) is 4.39 Å². The molecule has 0 spiro atoms. The Morgan fingerprint density at radius 3 is 2.73 bits per heavy atom. The minimum absolute atomic E-state index is 0.241. The Bertz CT molecular complexity index is 284. The first-order valence-corrected chi connectivity index (χ1v) is 5.03. The van der Waals surface area contributed by atoms with E-state index in [4.69, 9.17) is 4.74 Å². The number of benzene rings is 1. The van der Waals surface area contributed by atoms with Crippen molar-refractivity contribution in [3.05, 3.63) is 42.7 Å². The standard InChI is InChI=1S/C12H16FNO/c1-2-8-14-9-3-10-15-12-6-4-11(13)5-7-12/h2,4-7,14H,1,3,8-10H2. The smallest absolute Gasteiger partial charge is 0.123 e. The summed E-state index contributed by atoms with van der Waals surface area (Å²) in [5.74, 6) is 0.468. The average Bonchev–Trinajstić information content (AvgIpc) is 2.26. The Kier molecular flexibility index (Phi) is 5.48. The highest BCUT2D eigenvalue weighted by molar-refractivity contribution is 5.21. The molecule has 0 radical (unpaired) electrons. The molecule has 0 aliphatic heterocycles. The third-order valence-corrected chi connectivity index (χ3v) is 1.87. The van der Waals surface area contributed by atoms with Crippen LogP contribution < -0.4 is 10.1 Å². The van der Waals surface area contributed by atoms with Gasteiger partial charge in [0.05, 0.1) is 6.61 Å². The predicted molar refractivity (Wildman–Crippen MR) is 59.6 cm³/mol. The summed E-state index contributed by atoms with van der Waals surface area (Å²) < 4.78 is 17.9. The maximum Gasteiger partial charge on any atom is 0.123 e. The van der Waals surface area contributed by atoms with E-state index in [-0.39, 0.29) is 5.82 Å². The van der Waals surface area contributed by atoms with Gasteiger partial charge in [0, 0.05) is 6.54 Å². The highest BCUT2D eigenvalue weighted by Crippen LogP contribution is 2.10. The molecule has 0 aliphatic rings. The fourth-order valence-electron chi connectivity index (χ4n) is 1.12. The second kappa shape index (κ2) is 7.01. The summed E-state index contributed by atoms with van der Waals surface area (Å²) in [6.07, 6.45) is 2.74. The van der Waals surface area contributed by atoms with E-state index in [1.54, 1.807) is 12.1 Å². The number of hydrogen-bond donors (Lipinski definition) is 1. The van der Waals surface area contributed by atoms with Gasteiger partial charge in [-0.05, 0) is 37.2 Å². The molecule has 3 heteroatoms. The fourth-order valence-corrected chi connectivity index (χ4v) is 1.12. The van der Waals surface area contributed by atoms with Crippen molar-refractivity contribution in [3.8, 4) is 5.75 Å². The number of rotatable bonds is 7. The zero-order chi connectivity index (χ0) is 10.9. The number of nitrogens with one attached hydrogen (secondary N) is 1. The van der Waals surface area contributed by atoms with Crippen molar-refractivity contribution in [1.82, 2.24) is 5.32 Å². The summed E-state index contributed by atoms with van der Waals surface area (Å²) in [5.41, 5.74) is 0. The summed E-state index contributed by atoms with van der Waals surface area (Å²) >= 11 is 0. The van der Waals surface area contributed by atoms with Crippen LogP contribution in [0, 0.1) is 5.82 Å². The van der Waals surface area contributed by atoms with Crippen molar-refractivity contribution in [1.29, 1.82) is 0 Å². The van der Waals surface area contributed by atoms with E-state index in [1.165, 1.54) is 12.1 Å². The van der Waals surface area contributed by atoms with Gasteiger partial charge in [-0.15, -0.1) is 6.58 Å². The molecule has 82 valence electrons. The van der Waals surface area contributed by atoms with Crippen LogP contribution in [0.15, 0.2) is 36.9 Å². The molecule has 0 unspecified atom stereocenters. The predicted octanol–water partition coefficient (Wildman–Crippen LogP) is 2.37. The van der Waals surface area contributed by atoms with E-state index >= 15 is 0 Å². The van der Waals surface area contributed by atoms with Crippen molar-refractivity contribution >= 4 is 0 Å². The van der Waals surface area contributed by atoms with Crippen molar-refractivity contribution in [3.63, 3.8) is 0 Å². The first kappa shape index (κ1) is 11.7. The molecule has 1 aromatic rings. The van der Waals surface area contributed by atoms with E-state index in [0.29, 0.717) is 12.4 Å². The Morgan fingerprint density at radius 1 is 1.33 bits per heavy atom. The molecule has 0 saturated carbocycles. The lowest BCUT2D eigenvalue weighted by molar-refractivity contribution is 0.308. The molecular weight excluding hydrogens is 193 g/mol. The van der Waals surface area contributed by atoms with E-state index in [9.17, 15) is 4.39 Å². The van der Waals surface area contributed by atoms with Crippen molar-refractivity contribution in [2.75, 3.05) is 19.7 Å². The van der Waals surface area contributed by atoms with Crippen molar-refractivity contribution in [2.24, 2.45) is 0 Å². The molecule has 0 atom stereocenters. The number of hydrogen-bond acceptors (Lipinski definition) is 2. The van der Waals surface area contributed by atoms with Gasteiger partial charge >= 0.3 is 0 Å². The van der Waals surface area contributed by atoms with Gasteiger partial charge in [-0.25, -0.2) is 4.39 Å². The van der Waals surface area contributed by atoms with E-state index in [2.05, 4.69) is 11.9 Å². The van der Waals surface area contributed by atoms with E-state index < -0.39 is 0 Å². The summed E-state index contributed by atoms with van der Waals surface area (Å²) in [7, 11) is 0. The first-order valence-electron chi connectivity index (χ1n) is 5.03. The zero-order valence-electron chi connectivity index (χ0n) is 8.71. The van der Waals surface area contributed by atoms with Gasteiger partial charge in [-0.3, -0.25) is 0 Å². The largest absolute Gasteiger partial charge is 0.494 e. The molecule has 1 N–H and O–H groups in total. The molecule has 0 heterocycles. The maximum absolute atomic E-state index is 12.5. The molecule has 1 aromatic carbocycles. The van der Waals surface area contributed by atoms with Crippen LogP contribution in [0.5, 0.6) is 5.75 Å². The maximum atomic E-state index is 12.5. The van der Waals surface area contributed by atoms with E-state index in [0.717, 1.165) is 19.5 Å². The highest BCUT2D eigenvalue weighted by atomic mass is 19.1. The van der Waals surface area contributed by atoms with Crippen LogP contribution in [0.25, 0.3) is 0 Å². The second-order valence-corrected chi connectivity index (χ2v) is 3.15. The van der Waals surface area contributed by atoms with Crippen molar-refractivity contribution in [2.45, 2.75) is 6.42 Å². The third-order valence-electron chi connectivity index (χ3n) is 1.87. The quantitative estimate of drug-likeness (QED) is 0.550. The molecule has 0 amide bonds. The lowest BCUT2D eigenvalue weighted by atomic mass is 10.3. The molecule has 0 aromatic heterocycles. The van der Waals surface area contributed by atoms with Gasteiger partial charge in [0.2, 0.25) is 0 Å². The Labute approximate surface area is 89.8 Å². The average molecular weight is 209 g/mol. The van der Waals surface area contributed by atoms with Crippen LogP contribution in [-0.4, -0.2) is 19.7 Å². The van der Waals surface area contributed by atoms with Gasteiger partial charge in [0.15, 0.2) is 0 Å². The molecule has 2 nitrogen and oxygen atoms in total. The van der Waals surface area contributed by atoms with Crippen LogP contribution in [0.3, 0.4) is 0 Å². The summed E-state index contributed by atoms with van der Waals surface area (Å²) in [6.45, 7) is 5.95. The molecule has 0 bridgehead atoms. The second-order valence-electron chi connectivity index (χ2n) is 3.15. The molecule has 0 fully saturated rings. The Morgan fingerprint density at radius 2 is 2.07 bits per heavy atom. The van der Waals surface area contributed by atoms with Crippen LogP contribution in [0.1, 0.15) is 6.42 Å². The number of ether oxygens (including phenoxy) is 1. The Hall–Kier alpha value is -1.35. The molecular formula is C12H16FNO. The zero-order valence-corrected chi connectivity index (χ0v) is 8.71. The monoisotopic (exact) mass is 209 g/mol. The molecule has 0 saturated heterocycles. The lowest BCUT2D eigenvalue weighted by Gasteiger charge is -2.05. The molecule has 1 rings (SSSR count).